The van der Waals surface area contributed by atoms with E-state index >= 15 is 0 Å². The van der Waals surface area contributed by atoms with Crippen molar-refractivity contribution in [2.24, 2.45) is 0 Å². The molecule has 0 aliphatic carbocycles. The Hall–Kier alpha value is -6.98. The van der Waals surface area contributed by atoms with Gasteiger partial charge < -0.3 is 4.57 Å². The molecule has 0 saturated carbocycles. The molecule has 51 heavy (non-hydrogen) atoms. The Labute approximate surface area is 294 Å². The molecule has 10 rings (SSSR count). The summed E-state index contributed by atoms with van der Waals surface area (Å²) >= 11 is 0. The Morgan fingerprint density at radius 1 is 0.412 bits per heavy atom. The first kappa shape index (κ1) is 29.0. The second-order valence-corrected chi connectivity index (χ2v) is 12.7. The summed E-state index contributed by atoms with van der Waals surface area (Å²) in [4.78, 5) is 19.8. The van der Waals surface area contributed by atoms with Crippen LogP contribution in [0.1, 0.15) is 0 Å². The van der Waals surface area contributed by atoms with Crippen LogP contribution in [0.2, 0.25) is 0 Å². The SMILES string of the molecule is c1ccc(-n2c3ccccc3c3c(-c4ccc(-c5cc(-c6ccccn6)nc(-c6ccccn6)c5)c5ccccc45)nc4ccccc4c32)cc1. The lowest BCUT2D eigenvalue weighted by Gasteiger charge is -2.15. The molecular formula is C46H29N5. The highest BCUT2D eigenvalue weighted by Crippen LogP contribution is 2.44. The van der Waals surface area contributed by atoms with Gasteiger partial charge in [0.15, 0.2) is 0 Å². The van der Waals surface area contributed by atoms with E-state index in [0.29, 0.717) is 0 Å². The van der Waals surface area contributed by atoms with Gasteiger partial charge in [-0.15, -0.1) is 0 Å². The van der Waals surface area contributed by atoms with Crippen molar-refractivity contribution in [1.82, 2.24) is 24.5 Å². The summed E-state index contributed by atoms with van der Waals surface area (Å²) < 4.78 is 2.39. The number of nitrogens with zero attached hydrogens (tertiary/aromatic N) is 5. The minimum atomic E-state index is 0.800. The molecule has 0 aliphatic heterocycles. The maximum absolute atomic E-state index is 5.45. The predicted octanol–water partition coefficient (Wildman–Crippen LogP) is 11.3. The molecule has 0 aliphatic rings. The Morgan fingerprint density at radius 2 is 0.980 bits per heavy atom. The number of hydrogen-bond acceptors (Lipinski definition) is 4. The standard InChI is InChI=1S/C46H29N5/c1-2-14-31(15-3-1)51-43-23-9-7-19-37(43)44-45(50-38-20-8-6-18-36(38)46(44)51)35-25-24-32(33-16-4-5-17-34(33)35)30-28-41(39-21-10-12-26-47-39)49-42(29-30)40-22-11-13-27-48-40/h1-29H. The lowest BCUT2D eigenvalue weighted by molar-refractivity contribution is 1.18. The molecule has 5 aromatic heterocycles. The highest BCUT2D eigenvalue weighted by molar-refractivity contribution is 6.24. The van der Waals surface area contributed by atoms with E-state index < -0.39 is 0 Å². The van der Waals surface area contributed by atoms with E-state index in [1.165, 1.54) is 5.39 Å². The van der Waals surface area contributed by atoms with E-state index in [9.17, 15) is 0 Å². The van der Waals surface area contributed by atoms with Gasteiger partial charge in [0.1, 0.15) is 0 Å². The third-order valence-electron chi connectivity index (χ3n) is 9.69. The molecule has 0 bridgehead atoms. The maximum atomic E-state index is 5.45. The van der Waals surface area contributed by atoms with Gasteiger partial charge in [-0.25, -0.2) is 9.97 Å². The van der Waals surface area contributed by atoms with Crippen molar-refractivity contribution in [2.75, 3.05) is 0 Å². The zero-order valence-corrected chi connectivity index (χ0v) is 27.5. The summed E-state index contributed by atoms with van der Waals surface area (Å²) in [6.07, 6.45) is 3.61. The van der Waals surface area contributed by atoms with Gasteiger partial charge in [-0.1, -0.05) is 103 Å². The van der Waals surface area contributed by atoms with Crippen molar-refractivity contribution in [3.63, 3.8) is 0 Å². The van der Waals surface area contributed by atoms with Crippen LogP contribution in [0.25, 0.3) is 94.3 Å². The van der Waals surface area contributed by atoms with Crippen molar-refractivity contribution in [3.05, 3.63) is 176 Å². The fraction of sp³-hybridized carbons (Fsp3) is 0. The Bertz CT molecular complexity index is 2840. The summed E-state index contributed by atoms with van der Waals surface area (Å²) in [6.45, 7) is 0. The van der Waals surface area contributed by atoms with Crippen molar-refractivity contribution < 1.29 is 0 Å². The first-order valence-corrected chi connectivity index (χ1v) is 17.1. The number of benzene rings is 5. The first-order valence-electron chi connectivity index (χ1n) is 17.1. The normalized spacial score (nSPS) is 11.5. The highest BCUT2D eigenvalue weighted by Gasteiger charge is 2.22. The summed E-state index contributed by atoms with van der Waals surface area (Å²) in [6, 6.07) is 57.0. The van der Waals surface area contributed by atoms with Gasteiger partial charge in [0, 0.05) is 39.8 Å². The zero-order valence-electron chi connectivity index (χ0n) is 27.5. The van der Waals surface area contributed by atoms with Crippen LogP contribution in [0.15, 0.2) is 176 Å². The van der Waals surface area contributed by atoms with Gasteiger partial charge in [-0.05, 0) is 82.6 Å². The number of para-hydroxylation sites is 3. The molecular weight excluding hydrogens is 623 g/mol. The Morgan fingerprint density at radius 3 is 1.67 bits per heavy atom. The first-order chi connectivity index (χ1) is 25.3. The van der Waals surface area contributed by atoms with Crippen LogP contribution < -0.4 is 0 Å². The highest BCUT2D eigenvalue weighted by atomic mass is 15.0. The van der Waals surface area contributed by atoms with Crippen LogP contribution in [0.5, 0.6) is 0 Å². The molecule has 5 nitrogen and oxygen atoms in total. The van der Waals surface area contributed by atoms with E-state index in [2.05, 4.69) is 142 Å². The van der Waals surface area contributed by atoms with Crippen LogP contribution >= 0.6 is 0 Å². The lowest BCUT2D eigenvalue weighted by Crippen LogP contribution is -1.96. The van der Waals surface area contributed by atoms with Crippen molar-refractivity contribution in [1.29, 1.82) is 0 Å². The second-order valence-electron chi connectivity index (χ2n) is 12.7. The van der Waals surface area contributed by atoms with Crippen LogP contribution in [-0.4, -0.2) is 24.5 Å². The molecule has 0 amide bonds. The molecule has 238 valence electrons. The molecule has 5 heteroatoms. The quantitative estimate of drug-likeness (QED) is 0.186. The minimum absolute atomic E-state index is 0.800. The van der Waals surface area contributed by atoms with E-state index in [0.717, 1.165) is 88.9 Å². The summed E-state index contributed by atoms with van der Waals surface area (Å²) in [7, 11) is 0. The molecule has 10 aromatic rings. The fourth-order valence-corrected chi connectivity index (χ4v) is 7.46. The Kier molecular flexibility index (Phi) is 6.74. The largest absolute Gasteiger partial charge is 0.308 e. The molecule has 0 saturated heterocycles. The third kappa shape index (κ3) is 4.78. The molecule has 0 unspecified atom stereocenters. The molecule has 0 radical (unpaired) electrons. The van der Waals surface area contributed by atoms with Crippen LogP contribution in [-0.2, 0) is 0 Å². The molecule has 0 spiro atoms. The van der Waals surface area contributed by atoms with Gasteiger partial charge in [0.05, 0.1) is 45.0 Å². The molecule has 0 N–H and O–H groups in total. The topological polar surface area (TPSA) is 56.5 Å². The van der Waals surface area contributed by atoms with E-state index in [4.69, 9.17) is 9.97 Å². The number of pyridine rings is 4. The van der Waals surface area contributed by atoms with Gasteiger partial charge in [-0.2, -0.15) is 0 Å². The average Bonchev–Trinajstić information content (AvgIpc) is 3.57. The second kappa shape index (κ2) is 11.9. The number of fused-ring (bicyclic) bond motifs is 6. The number of rotatable bonds is 5. The van der Waals surface area contributed by atoms with Crippen LogP contribution in [0, 0.1) is 0 Å². The monoisotopic (exact) mass is 651 g/mol. The molecule has 5 heterocycles. The maximum Gasteiger partial charge on any atom is 0.0900 e. The molecule has 5 aromatic carbocycles. The van der Waals surface area contributed by atoms with Crippen molar-refractivity contribution in [3.8, 4) is 50.8 Å². The van der Waals surface area contributed by atoms with Gasteiger partial charge >= 0.3 is 0 Å². The van der Waals surface area contributed by atoms with E-state index in [1.807, 2.05) is 36.4 Å². The lowest BCUT2D eigenvalue weighted by atomic mass is 9.91. The van der Waals surface area contributed by atoms with Gasteiger partial charge in [-0.3, -0.25) is 9.97 Å². The van der Waals surface area contributed by atoms with Gasteiger partial charge in [0.25, 0.3) is 0 Å². The van der Waals surface area contributed by atoms with Gasteiger partial charge in [0.2, 0.25) is 0 Å². The Balaban J connectivity index is 1.27. The summed E-state index contributed by atoms with van der Waals surface area (Å²) in [5.74, 6) is 0. The van der Waals surface area contributed by atoms with Crippen molar-refractivity contribution >= 4 is 43.5 Å². The average molecular weight is 652 g/mol. The minimum Gasteiger partial charge on any atom is -0.308 e. The van der Waals surface area contributed by atoms with E-state index in [-0.39, 0.29) is 0 Å². The van der Waals surface area contributed by atoms with E-state index in [1.54, 1.807) is 12.4 Å². The number of hydrogen-bond donors (Lipinski definition) is 0. The summed E-state index contributed by atoms with van der Waals surface area (Å²) in [5.41, 5.74) is 11.8. The smallest absolute Gasteiger partial charge is 0.0900 e. The summed E-state index contributed by atoms with van der Waals surface area (Å²) in [5, 5.41) is 5.70. The zero-order chi connectivity index (χ0) is 33.7. The molecule has 0 fully saturated rings. The third-order valence-corrected chi connectivity index (χ3v) is 9.69. The predicted molar refractivity (Wildman–Crippen MR) is 209 cm³/mol. The van der Waals surface area contributed by atoms with Crippen molar-refractivity contribution in [2.45, 2.75) is 0 Å². The number of aromatic nitrogens is 5. The van der Waals surface area contributed by atoms with Crippen LogP contribution in [0.4, 0.5) is 0 Å². The van der Waals surface area contributed by atoms with Crippen LogP contribution in [0.3, 0.4) is 0 Å². The molecule has 0 atom stereocenters. The fourth-order valence-electron chi connectivity index (χ4n) is 7.46.